The van der Waals surface area contributed by atoms with E-state index in [1.165, 1.54) is 21.2 Å². The fraction of sp³-hybridized carbons (Fsp3) is 0.0189. The monoisotopic (exact) mass is 785 g/mol. The molecule has 6 nitrogen and oxygen atoms in total. The first-order valence-electron chi connectivity index (χ1n) is 20.0. The minimum atomic E-state index is -0.717. The second kappa shape index (κ2) is 12.7. The molecule has 0 amide bonds. The zero-order chi connectivity index (χ0) is 39.4. The largest absolute Gasteiger partial charge is 0.452 e. The Labute approximate surface area is 349 Å². The lowest BCUT2D eigenvalue weighted by Gasteiger charge is -2.42. The quantitative estimate of drug-likeness (QED) is 0.177. The van der Waals surface area contributed by atoms with Gasteiger partial charge in [0.15, 0.2) is 11.5 Å². The van der Waals surface area contributed by atoms with Crippen molar-refractivity contribution in [2.24, 2.45) is 0 Å². The van der Waals surface area contributed by atoms with Crippen molar-refractivity contribution in [3.8, 4) is 45.1 Å². The number of pyridine rings is 2. The maximum absolute atomic E-state index is 7.08. The van der Waals surface area contributed by atoms with Crippen LogP contribution in [0.25, 0.3) is 55.4 Å². The Morgan fingerprint density at radius 1 is 0.500 bits per heavy atom. The summed E-state index contributed by atoms with van der Waals surface area (Å²) in [6.45, 7) is 0. The van der Waals surface area contributed by atoms with Crippen LogP contribution < -0.4 is 9.64 Å². The van der Waals surface area contributed by atoms with Gasteiger partial charge < -0.3 is 9.64 Å². The molecule has 7 heteroatoms. The molecule has 0 saturated heterocycles. The fourth-order valence-corrected chi connectivity index (χ4v) is 11.0. The predicted molar refractivity (Wildman–Crippen MR) is 240 cm³/mol. The Morgan fingerprint density at radius 3 is 2.30 bits per heavy atom. The van der Waals surface area contributed by atoms with E-state index < -0.39 is 5.41 Å². The molecule has 1 spiro atoms. The van der Waals surface area contributed by atoms with E-state index in [9.17, 15) is 0 Å². The minimum absolute atomic E-state index is 0.717. The molecule has 13 rings (SSSR count). The zero-order valence-electron chi connectivity index (χ0n) is 32.0. The van der Waals surface area contributed by atoms with Crippen LogP contribution >= 0.6 is 11.8 Å². The number of ether oxygens (including phenoxy) is 1. The van der Waals surface area contributed by atoms with Crippen molar-refractivity contribution < 1.29 is 4.74 Å². The van der Waals surface area contributed by atoms with Crippen LogP contribution in [0.5, 0.6) is 11.5 Å². The van der Waals surface area contributed by atoms with Gasteiger partial charge in [-0.25, -0.2) is 0 Å². The molecule has 3 aromatic heterocycles. The maximum Gasteiger partial charge on any atom is 0.165 e. The first-order valence-corrected chi connectivity index (χ1v) is 20.8. The lowest BCUT2D eigenvalue weighted by molar-refractivity contribution is 0.461. The van der Waals surface area contributed by atoms with Crippen LogP contribution in [0.3, 0.4) is 0 Å². The normalized spacial score (nSPS) is 15.4. The third-order valence-electron chi connectivity index (χ3n) is 12.3. The molecule has 60 heavy (non-hydrogen) atoms. The van der Waals surface area contributed by atoms with Crippen molar-refractivity contribution in [1.82, 2.24) is 19.9 Å². The summed E-state index contributed by atoms with van der Waals surface area (Å²) in [7, 11) is 0. The molecule has 0 bridgehead atoms. The third-order valence-corrected chi connectivity index (χ3v) is 13.5. The summed E-state index contributed by atoms with van der Waals surface area (Å²) in [5.41, 5.74) is 14.7. The zero-order valence-corrected chi connectivity index (χ0v) is 32.8. The highest BCUT2D eigenvalue weighted by Gasteiger charge is 2.53. The molecule has 0 fully saturated rings. The standard InChI is InChI=1S/C53H31N5OS/c1-2-11-34-29-37(22-21-32(34)10-1)58-44-18-4-5-19-46(44)59-51-45(58)24-23-41-52(51)60-47-20-6-3-15-39(47)53(41)40-16-9-25-55-49(40)50-42(53)30-36(31-57-50)33-12-7-13-35(28-33)38-14-8-17-43-48(38)56-27-26-54-43/h1-31H. The van der Waals surface area contributed by atoms with Crippen molar-refractivity contribution >= 4 is 50.6 Å². The minimum Gasteiger partial charge on any atom is -0.452 e. The number of anilines is 3. The van der Waals surface area contributed by atoms with Gasteiger partial charge in [-0.15, -0.1) is 0 Å². The molecule has 1 unspecified atom stereocenters. The number of fused-ring (bicyclic) bond motifs is 14. The van der Waals surface area contributed by atoms with Gasteiger partial charge >= 0.3 is 0 Å². The first-order chi connectivity index (χ1) is 29.7. The SMILES string of the molecule is c1cc(-c2cnc3c(c2)C2(c4ccccc4Sc4c2ccc2c4Oc4ccccc4N2c2ccc4ccccc4c2)c2cccnc2-3)cc(-c2cccc3nccnc23)c1. The Bertz CT molecular complexity index is 3430. The summed E-state index contributed by atoms with van der Waals surface area (Å²) in [5.74, 6) is 1.65. The lowest BCUT2D eigenvalue weighted by atomic mass is 9.67. The topological polar surface area (TPSA) is 64.0 Å². The molecule has 0 radical (unpaired) electrons. The second-order valence-electron chi connectivity index (χ2n) is 15.4. The molecule has 0 saturated carbocycles. The van der Waals surface area contributed by atoms with Crippen LogP contribution in [0, 0.1) is 0 Å². The number of benzene rings is 7. The molecular formula is C53H31N5OS. The molecular weight excluding hydrogens is 755 g/mol. The van der Waals surface area contributed by atoms with E-state index in [0.717, 1.165) is 94.8 Å². The van der Waals surface area contributed by atoms with Gasteiger partial charge in [0, 0.05) is 52.1 Å². The van der Waals surface area contributed by atoms with Gasteiger partial charge in [0.1, 0.15) is 0 Å². The van der Waals surface area contributed by atoms with E-state index in [2.05, 4.69) is 155 Å². The number of hydrogen-bond donors (Lipinski definition) is 0. The summed E-state index contributed by atoms with van der Waals surface area (Å²) in [5, 5.41) is 2.39. The fourth-order valence-electron chi connectivity index (χ4n) is 9.72. The number of para-hydroxylation sites is 3. The second-order valence-corrected chi connectivity index (χ2v) is 16.5. The Hall–Kier alpha value is -7.61. The average molecular weight is 786 g/mol. The van der Waals surface area contributed by atoms with Crippen LogP contribution in [-0.2, 0) is 5.41 Å². The highest BCUT2D eigenvalue weighted by atomic mass is 32.2. The molecule has 7 aromatic carbocycles. The summed E-state index contributed by atoms with van der Waals surface area (Å²) in [6.07, 6.45) is 7.37. The molecule has 5 heterocycles. The van der Waals surface area contributed by atoms with Crippen LogP contribution in [0.4, 0.5) is 17.1 Å². The van der Waals surface area contributed by atoms with Crippen molar-refractivity contribution in [2.45, 2.75) is 15.2 Å². The lowest BCUT2D eigenvalue weighted by Crippen LogP contribution is -2.32. The molecule has 0 N–H and O–H groups in total. The summed E-state index contributed by atoms with van der Waals surface area (Å²) in [4.78, 5) is 24.2. The first kappa shape index (κ1) is 33.4. The Morgan fingerprint density at radius 2 is 1.32 bits per heavy atom. The van der Waals surface area contributed by atoms with Gasteiger partial charge in [-0.05, 0) is 99.3 Å². The van der Waals surface area contributed by atoms with Gasteiger partial charge in [0.05, 0.1) is 44.1 Å². The van der Waals surface area contributed by atoms with Gasteiger partial charge in [0.25, 0.3) is 0 Å². The average Bonchev–Trinajstić information content (AvgIpc) is 3.60. The third kappa shape index (κ3) is 4.66. The van der Waals surface area contributed by atoms with E-state index >= 15 is 0 Å². The van der Waals surface area contributed by atoms with Crippen molar-refractivity contribution in [2.75, 3.05) is 4.90 Å². The molecule has 10 aromatic rings. The van der Waals surface area contributed by atoms with E-state index in [-0.39, 0.29) is 0 Å². The summed E-state index contributed by atoms with van der Waals surface area (Å²) < 4.78 is 7.08. The number of hydrogen-bond acceptors (Lipinski definition) is 7. The molecule has 3 aliphatic rings. The highest BCUT2D eigenvalue weighted by Crippen LogP contribution is 2.65. The highest BCUT2D eigenvalue weighted by molar-refractivity contribution is 7.99. The van der Waals surface area contributed by atoms with Crippen molar-refractivity contribution in [3.05, 3.63) is 211 Å². The number of nitrogens with zero attached hydrogens (tertiary/aromatic N) is 5. The van der Waals surface area contributed by atoms with E-state index in [1.807, 2.05) is 30.6 Å². The van der Waals surface area contributed by atoms with Gasteiger partial charge in [-0.2, -0.15) is 0 Å². The van der Waals surface area contributed by atoms with Gasteiger partial charge in [-0.3, -0.25) is 19.9 Å². The molecule has 1 aliphatic carbocycles. The van der Waals surface area contributed by atoms with E-state index in [1.54, 1.807) is 24.2 Å². The van der Waals surface area contributed by atoms with Crippen LogP contribution in [0.15, 0.2) is 198 Å². The van der Waals surface area contributed by atoms with Crippen LogP contribution in [0.1, 0.15) is 22.3 Å². The van der Waals surface area contributed by atoms with Crippen molar-refractivity contribution in [1.29, 1.82) is 0 Å². The van der Waals surface area contributed by atoms with E-state index in [0.29, 0.717) is 0 Å². The summed E-state index contributed by atoms with van der Waals surface area (Å²) >= 11 is 1.78. The van der Waals surface area contributed by atoms with Gasteiger partial charge in [-0.1, -0.05) is 115 Å². The molecule has 280 valence electrons. The van der Waals surface area contributed by atoms with Crippen molar-refractivity contribution in [3.63, 3.8) is 0 Å². The van der Waals surface area contributed by atoms with Crippen LogP contribution in [-0.4, -0.2) is 19.9 Å². The van der Waals surface area contributed by atoms with Gasteiger partial charge in [0.2, 0.25) is 0 Å². The Balaban J connectivity index is 1.04. The predicted octanol–water partition coefficient (Wildman–Crippen LogP) is 13.3. The number of aromatic nitrogens is 4. The van der Waals surface area contributed by atoms with E-state index in [4.69, 9.17) is 19.7 Å². The summed E-state index contributed by atoms with van der Waals surface area (Å²) in [6, 6.07) is 58.4. The molecule has 1 atom stereocenters. The van der Waals surface area contributed by atoms with Crippen LogP contribution in [0.2, 0.25) is 0 Å². The molecule has 2 aliphatic heterocycles. The smallest absolute Gasteiger partial charge is 0.165 e. The Kier molecular flexibility index (Phi) is 7.06. The number of rotatable bonds is 3. The maximum atomic E-state index is 7.08.